The molecule has 0 N–H and O–H groups in total. The fraction of sp³-hybridized carbons (Fsp3) is 0.385. The van der Waals surface area contributed by atoms with Crippen molar-refractivity contribution in [3.63, 3.8) is 0 Å². The van der Waals surface area contributed by atoms with Crippen molar-refractivity contribution in [3.05, 3.63) is 69.7 Å². The Kier molecular flexibility index (Phi) is 6.80. The molecule has 2 heterocycles. The molecule has 1 atom stereocenters. The third-order valence-electron chi connectivity index (χ3n) is 5.77. The third-order valence-corrected chi connectivity index (χ3v) is 6.66. The van der Waals surface area contributed by atoms with Crippen LogP contribution in [0.1, 0.15) is 52.1 Å². The third kappa shape index (κ3) is 5.13. The van der Waals surface area contributed by atoms with Crippen LogP contribution in [0.5, 0.6) is 11.5 Å². The highest BCUT2D eigenvalue weighted by molar-refractivity contribution is 7.11. The van der Waals surface area contributed by atoms with Gasteiger partial charge in [-0.1, -0.05) is 19.1 Å². The molecule has 0 amide bonds. The van der Waals surface area contributed by atoms with Crippen molar-refractivity contribution in [2.75, 3.05) is 24.6 Å². The molecule has 0 spiro atoms. The Hall–Kier alpha value is -2.86. The van der Waals surface area contributed by atoms with Crippen molar-refractivity contribution in [2.45, 2.75) is 46.1 Å². The molecular weight excluding hydrogens is 420 g/mol. The Labute approximate surface area is 194 Å². The van der Waals surface area contributed by atoms with E-state index in [-0.39, 0.29) is 17.8 Å². The van der Waals surface area contributed by atoms with Gasteiger partial charge >= 0.3 is 0 Å². The van der Waals surface area contributed by atoms with Crippen molar-refractivity contribution in [3.8, 4) is 11.5 Å². The normalized spacial score (nSPS) is 14.7. The summed E-state index contributed by atoms with van der Waals surface area (Å²) in [6.07, 6.45) is 0.645. The van der Waals surface area contributed by atoms with E-state index in [4.69, 9.17) is 9.47 Å². The van der Waals surface area contributed by atoms with Crippen LogP contribution in [0.15, 0.2) is 48.5 Å². The summed E-state index contributed by atoms with van der Waals surface area (Å²) in [7, 11) is 0. The number of benzene rings is 2. The van der Waals surface area contributed by atoms with E-state index in [9.17, 15) is 4.79 Å². The molecule has 0 aliphatic carbocycles. The Bertz CT molecular complexity index is 1050. The first-order chi connectivity index (χ1) is 15.4. The van der Waals surface area contributed by atoms with Crippen LogP contribution in [0.3, 0.4) is 0 Å². The van der Waals surface area contributed by atoms with Gasteiger partial charge in [-0.15, -0.1) is 11.3 Å². The van der Waals surface area contributed by atoms with E-state index >= 15 is 0 Å². The number of anilines is 1. The van der Waals surface area contributed by atoms with E-state index in [0.29, 0.717) is 18.7 Å². The molecule has 1 aromatic heterocycles. The molecule has 0 bridgehead atoms. The predicted octanol–water partition coefficient (Wildman–Crippen LogP) is 5.80. The summed E-state index contributed by atoms with van der Waals surface area (Å²) in [6.45, 7) is 10.4. The first kappa shape index (κ1) is 22.3. The Morgan fingerprint density at radius 1 is 1.09 bits per heavy atom. The van der Waals surface area contributed by atoms with Crippen LogP contribution in [0.4, 0.5) is 5.69 Å². The van der Waals surface area contributed by atoms with Gasteiger partial charge in [0.25, 0.3) is 0 Å². The van der Waals surface area contributed by atoms with Gasteiger partial charge in [-0.05, 0) is 68.7 Å². The smallest absolute Gasteiger partial charge is 0.182 e. The maximum Gasteiger partial charge on any atom is 0.182 e. The van der Waals surface area contributed by atoms with Crippen molar-refractivity contribution in [1.82, 2.24) is 4.98 Å². The van der Waals surface area contributed by atoms with Crippen LogP contribution in [0.2, 0.25) is 0 Å². The lowest BCUT2D eigenvalue weighted by Gasteiger charge is -2.40. The van der Waals surface area contributed by atoms with Crippen LogP contribution >= 0.6 is 11.3 Å². The van der Waals surface area contributed by atoms with E-state index in [1.165, 1.54) is 5.69 Å². The van der Waals surface area contributed by atoms with Gasteiger partial charge in [-0.25, -0.2) is 4.98 Å². The molecule has 1 aliphatic rings. The molecule has 4 rings (SSSR count). The minimum absolute atomic E-state index is 0.114. The molecule has 5 nitrogen and oxygen atoms in total. The summed E-state index contributed by atoms with van der Waals surface area (Å²) in [4.78, 5) is 20.3. The first-order valence-electron chi connectivity index (χ1n) is 11.1. The quantitative estimate of drug-likeness (QED) is 0.386. The second kappa shape index (κ2) is 9.74. The molecule has 168 valence electrons. The number of hydrogen-bond acceptors (Lipinski definition) is 6. The molecular formula is C26H30N2O3S. The molecule has 2 aromatic carbocycles. The summed E-state index contributed by atoms with van der Waals surface area (Å²) >= 11 is 1.58. The largest absolute Gasteiger partial charge is 0.494 e. The predicted molar refractivity (Wildman–Crippen MR) is 130 cm³/mol. The van der Waals surface area contributed by atoms with E-state index in [1.54, 1.807) is 11.3 Å². The van der Waals surface area contributed by atoms with Gasteiger partial charge in [0.1, 0.15) is 23.3 Å². The van der Waals surface area contributed by atoms with E-state index in [0.717, 1.165) is 40.0 Å². The minimum Gasteiger partial charge on any atom is -0.494 e. The van der Waals surface area contributed by atoms with E-state index in [2.05, 4.69) is 41.1 Å². The molecule has 0 radical (unpaired) electrons. The van der Waals surface area contributed by atoms with Crippen LogP contribution < -0.4 is 14.4 Å². The fourth-order valence-corrected chi connectivity index (χ4v) is 4.83. The number of thiazole rings is 1. The van der Waals surface area contributed by atoms with Gasteiger partial charge in [-0.2, -0.15) is 0 Å². The van der Waals surface area contributed by atoms with Gasteiger partial charge in [0, 0.05) is 17.0 Å². The van der Waals surface area contributed by atoms with Crippen LogP contribution in [0, 0.1) is 13.8 Å². The van der Waals surface area contributed by atoms with Crippen LogP contribution in [-0.4, -0.2) is 36.6 Å². The van der Waals surface area contributed by atoms with Crippen LogP contribution in [0.25, 0.3) is 0 Å². The van der Waals surface area contributed by atoms with Crippen LogP contribution in [-0.2, 0) is 0 Å². The summed E-state index contributed by atoms with van der Waals surface area (Å²) in [5, 5.41) is 0.942. The fourth-order valence-electron chi connectivity index (χ4n) is 3.99. The molecule has 1 aliphatic heterocycles. The van der Waals surface area contributed by atoms with E-state index in [1.807, 2.05) is 45.0 Å². The summed E-state index contributed by atoms with van der Waals surface area (Å²) in [5.74, 6) is 2.02. The number of carbonyl (C=O) groups is 1. The molecule has 0 unspecified atom stereocenters. The highest BCUT2D eigenvalue weighted by atomic mass is 32.1. The summed E-state index contributed by atoms with van der Waals surface area (Å²) in [5.41, 5.74) is 2.95. The Morgan fingerprint density at radius 3 is 2.34 bits per heavy atom. The number of nitrogens with zero attached hydrogens (tertiary/aromatic N) is 2. The van der Waals surface area contributed by atoms with Gasteiger partial charge in [0.15, 0.2) is 5.78 Å². The molecule has 1 fully saturated rings. The molecule has 1 saturated heterocycles. The van der Waals surface area contributed by atoms with E-state index < -0.39 is 0 Å². The van der Waals surface area contributed by atoms with Gasteiger partial charge in [0.2, 0.25) is 0 Å². The Morgan fingerprint density at radius 2 is 1.75 bits per heavy atom. The topological polar surface area (TPSA) is 51.7 Å². The number of aryl methyl sites for hydroxylation is 2. The van der Waals surface area contributed by atoms with Gasteiger partial charge in [-0.3, -0.25) is 4.79 Å². The molecule has 6 heteroatoms. The Balaban J connectivity index is 1.27. The molecule has 0 saturated carbocycles. The number of hydrogen-bond donors (Lipinski definition) is 0. The standard InChI is InChI=1S/C26H30N2O3S/c1-5-30-22-12-8-21(9-13-22)28-15-24(16-28)31-23-10-6-20(7-11-23)17(2)14-25(29)26-18(3)32-19(4)27-26/h6-13,17,24H,5,14-16H2,1-4H3/t17-/m1/s1. The number of aromatic nitrogens is 1. The average molecular weight is 451 g/mol. The number of Topliss-reactive ketones (excluding diaryl/α,β-unsaturated/α-hetero) is 1. The summed E-state index contributed by atoms with van der Waals surface area (Å²) < 4.78 is 11.6. The lowest BCUT2D eigenvalue weighted by molar-refractivity contribution is 0.0971. The first-order valence-corrected chi connectivity index (χ1v) is 12.0. The molecule has 3 aromatic rings. The summed E-state index contributed by atoms with van der Waals surface area (Å²) in [6, 6.07) is 16.3. The second-order valence-electron chi connectivity index (χ2n) is 8.31. The number of ketones is 1. The minimum atomic E-state index is 0.114. The SMILES string of the molecule is CCOc1ccc(N2CC(Oc3ccc([C@H](C)CC(=O)c4nc(C)sc4C)cc3)C2)cc1. The highest BCUT2D eigenvalue weighted by Crippen LogP contribution is 2.28. The lowest BCUT2D eigenvalue weighted by Crippen LogP contribution is -2.54. The van der Waals surface area contributed by atoms with Crippen molar-refractivity contribution in [2.24, 2.45) is 0 Å². The zero-order chi connectivity index (χ0) is 22.7. The second-order valence-corrected chi connectivity index (χ2v) is 9.71. The number of carbonyl (C=O) groups excluding carboxylic acids is 1. The van der Waals surface area contributed by atoms with Crippen molar-refractivity contribution < 1.29 is 14.3 Å². The zero-order valence-corrected chi connectivity index (χ0v) is 19.9. The number of rotatable bonds is 9. The monoisotopic (exact) mass is 450 g/mol. The van der Waals surface area contributed by atoms with Gasteiger partial charge in [0.05, 0.1) is 24.7 Å². The average Bonchev–Trinajstić information content (AvgIpc) is 3.10. The number of ether oxygens (including phenoxy) is 2. The molecule has 32 heavy (non-hydrogen) atoms. The maximum atomic E-state index is 12.6. The highest BCUT2D eigenvalue weighted by Gasteiger charge is 2.28. The van der Waals surface area contributed by atoms with Crippen molar-refractivity contribution >= 4 is 22.8 Å². The zero-order valence-electron chi connectivity index (χ0n) is 19.1. The van der Waals surface area contributed by atoms with Gasteiger partial charge < -0.3 is 14.4 Å². The lowest BCUT2D eigenvalue weighted by atomic mass is 9.94. The maximum absolute atomic E-state index is 12.6. The van der Waals surface area contributed by atoms with Crippen molar-refractivity contribution in [1.29, 1.82) is 0 Å².